The van der Waals surface area contributed by atoms with Crippen LogP contribution in [0.3, 0.4) is 0 Å². The molecule has 5 nitrogen and oxygen atoms in total. The van der Waals surface area contributed by atoms with Crippen LogP contribution in [-0.4, -0.2) is 29.0 Å². The molecule has 2 heterocycles. The van der Waals surface area contributed by atoms with Crippen molar-refractivity contribution in [2.45, 2.75) is 53.5 Å². The van der Waals surface area contributed by atoms with Crippen molar-refractivity contribution in [3.63, 3.8) is 0 Å². The largest absolute Gasteiger partial charge is 0.362 e. The molecule has 1 saturated heterocycles. The Hall–Kier alpha value is -3.25. The first-order valence-corrected chi connectivity index (χ1v) is 12.0. The third-order valence-electron chi connectivity index (χ3n) is 6.61. The topological polar surface area (TPSA) is 52.7 Å². The molecule has 0 bridgehead atoms. The van der Waals surface area contributed by atoms with Crippen molar-refractivity contribution in [2.75, 3.05) is 16.3 Å². The fraction of sp³-hybridized carbons (Fsp3) is 0.321. The number of aryl methyl sites for hydroxylation is 2. The Labute approximate surface area is 207 Å². The summed E-state index contributed by atoms with van der Waals surface area (Å²) in [6.45, 7) is 13.7. The highest BCUT2D eigenvalue weighted by atomic mass is 32.1. The summed E-state index contributed by atoms with van der Waals surface area (Å²) in [5.74, 6) is -0.899. The van der Waals surface area contributed by atoms with Crippen LogP contribution in [0.1, 0.15) is 56.4 Å². The van der Waals surface area contributed by atoms with Crippen molar-refractivity contribution in [3.05, 3.63) is 70.3 Å². The second-order valence-electron chi connectivity index (χ2n) is 9.64. The standard InChI is InChI=1S/C28H31N3O2S/c1-7-12-30-24-11-9-20(14-22(24)19(4)16-28(30,5)6)15-23-25(32)29-27(34)31(26(23)33)21-10-8-17(2)18(3)13-21/h8-11,13-16H,7,12H2,1-6H3,(H,29,32,34)/b23-15-. The minimum atomic E-state index is -0.478. The third kappa shape index (κ3) is 4.18. The molecule has 0 radical (unpaired) electrons. The average Bonchev–Trinajstić information content (AvgIpc) is 2.76. The van der Waals surface area contributed by atoms with Gasteiger partial charge in [-0.3, -0.25) is 19.8 Å². The summed E-state index contributed by atoms with van der Waals surface area (Å²) in [7, 11) is 0. The number of nitrogens with one attached hydrogen (secondary N) is 1. The molecule has 0 saturated carbocycles. The summed E-state index contributed by atoms with van der Waals surface area (Å²) in [6, 6.07) is 11.8. The number of carbonyl (C=O) groups excluding carboxylic acids is 2. The highest BCUT2D eigenvalue weighted by Gasteiger charge is 2.35. The molecule has 0 unspecified atom stereocenters. The van der Waals surface area contributed by atoms with Gasteiger partial charge in [0, 0.05) is 17.8 Å². The van der Waals surface area contributed by atoms with E-state index in [0.29, 0.717) is 5.69 Å². The van der Waals surface area contributed by atoms with Crippen molar-refractivity contribution in [1.82, 2.24) is 5.32 Å². The van der Waals surface area contributed by atoms with Crippen molar-refractivity contribution < 1.29 is 9.59 Å². The Kier molecular flexibility index (Phi) is 6.21. The number of nitrogens with zero attached hydrogens (tertiary/aromatic N) is 2. The van der Waals surface area contributed by atoms with Crippen molar-refractivity contribution in [3.8, 4) is 0 Å². The molecule has 0 aromatic heterocycles. The average molecular weight is 474 g/mol. The van der Waals surface area contributed by atoms with E-state index in [2.05, 4.69) is 56.1 Å². The van der Waals surface area contributed by atoms with Gasteiger partial charge in [-0.05, 0) is 106 Å². The monoisotopic (exact) mass is 473 g/mol. The highest BCUT2D eigenvalue weighted by Crippen LogP contribution is 2.39. The first-order chi connectivity index (χ1) is 16.0. The number of rotatable bonds is 4. The van der Waals surface area contributed by atoms with Gasteiger partial charge in [0.2, 0.25) is 0 Å². The normalized spacial score (nSPS) is 18.7. The van der Waals surface area contributed by atoms with Crippen LogP contribution in [0, 0.1) is 13.8 Å². The van der Waals surface area contributed by atoms with E-state index in [0.717, 1.165) is 35.2 Å². The van der Waals surface area contributed by atoms with Gasteiger partial charge in [0.25, 0.3) is 11.8 Å². The molecule has 2 amide bonds. The number of thiocarbonyl (C=S) groups is 1. The molecule has 6 heteroatoms. The fourth-order valence-electron chi connectivity index (χ4n) is 4.75. The number of allylic oxidation sites excluding steroid dienone is 1. The molecule has 0 aliphatic carbocycles. The first-order valence-electron chi connectivity index (χ1n) is 11.6. The van der Waals surface area contributed by atoms with Crippen molar-refractivity contribution >= 4 is 52.2 Å². The Morgan fingerprint density at radius 2 is 1.76 bits per heavy atom. The van der Waals surface area contributed by atoms with Crippen molar-refractivity contribution in [2.24, 2.45) is 0 Å². The van der Waals surface area contributed by atoms with Crippen LogP contribution >= 0.6 is 12.2 Å². The van der Waals surface area contributed by atoms with E-state index >= 15 is 0 Å². The molecule has 2 aliphatic heterocycles. The lowest BCUT2D eigenvalue weighted by molar-refractivity contribution is -0.122. The molecule has 4 rings (SSSR count). The van der Waals surface area contributed by atoms with Gasteiger partial charge in [-0.1, -0.05) is 25.1 Å². The second-order valence-corrected chi connectivity index (χ2v) is 10.0. The summed E-state index contributed by atoms with van der Waals surface area (Å²) in [4.78, 5) is 30.0. The summed E-state index contributed by atoms with van der Waals surface area (Å²) >= 11 is 5.34. The molecule has 0 atom stereocenters. The zero-order valence-corrected chi connectivity index (χ0v) is 21.5. The van der Waals surface area contributed by atoms with Gasteiger partial charge < -0.3 is 4.90 Å². The second kappa shape index (κ2) is 8.84. The Morgan fingerprint density at radius 3 is 2.44 bits per heavy atom. The fourth-order valence-corrected chi connectivity index (χ4v) is 5.03. The molecule has 0 spiro atoms. The number of carbonyl (C=O) groups is 2. The van der Waals surface area contributed by atoms with Gasteiger partial charge >= 0.3 is 0 Å². The van der Waals surface area contributed by atoms with Gasteiger partial charge in [-0.15, -0.1) is 0 Å². The predicted octanol–water partition coefficient (Wildman–Crippen LogP) is 5.55. The molecule has 176 valence electrons. The van der Waals surface area contributed by atoms with E-state index in [4.69, 9.17) is 12.2 Å². The maximum absolute atomic E-state index is 13.4. The van der Waals surface area contributed by atoms with Crippen LogP contribution in [0.25, 0.3) is 11.6 Å². The molecule has 2 aliphatic rings. The van der Waals surface area contributed by atoms with E-state index in [1.165, 1.54) is 16.2 Å². The molecule has 2 aromatic rings. The zero-order chi connectivity index (χ0) is 24.8. The van der Waals surface area contributed by atoms with Crippen LogP contribution in [0.5, 0.6) is 0 Å². The van der Waals surface area contributed by atoms with Crippen LogP contribution in [0.2, 0.25) is 0 Å². The lowest BCUT2D eigenvalue weighted by Crippen LogP contribution is -2.54. The SMILES string of the molecule is CCCN1c2ccc(/C=C3/C(=O)NC(=S)N(c4ccc(C)c(C)c4)C3=O)cc2C(C)=CC1(C)C. The summed E-state index contributed by atoms with van der Waals surface area (Å²) in [6.07, 6.45) is 4.98. The Bertz CT molecular complexity index is 1270. The first kappa shape index (κ1) is 23.9. The summed E-state index contributed by atoms with van der Waals surface area (Å²) in [5, 5.41) is 2.77. The zero-order valence-electron chi connectivity index (χ0n) is 20.7. The lowest BCUT2D eigenvalue weighted by atomic mass is 9.87. The van der Waals surface area contributed by atoms with Crippen LogP contribution in [0.4, 0.5) is 11.4 Å². The molecule has 2 aromatic carbocycles. The van der Waals surface area contributed by atoms with Crippen LogP contribution in [-0.2, 0) is 9.59 Å². The maximum Gasteiger partial charge on any atom is 0.270 e. The van der Waals surface area contributed by atoms with Crippen LogP contribution in [0.15, 0.2) is 48.0 Å². The number of amides is 2. The number of fused-ring (bicyclic) bond motifs is 1. The highest BCUT2D eigenvalue weighted by molar-refractivity contribution is 7.80. The number of hydrogen-bond donors (Lipinski definition) is 1. The molecule has 1 N–H and O–H groups in total. The summed E-state index contributed by atoms with van der Waals surface area (Å²) in [5.41, 5.74) is 7.08. The number of benzene rings is 2. The minimum Gasteiger partial charge on any atom is -0.362 e. The maximum atomic E-state index is 13.4. The summed E-state index contributed by atoms with van der Waals surface area (Å²) < 4.78 is 0. The minimum absolute atomic E-state index is 0.0648. The van der Waals surface area contributed by atoms with Gasteiger partial charge in [-0.25, -0.2) is 0 Å². The van der Waals surface area contributed by atoms with Gasteiger partial charge in [0.05, 0.1) is 11.2 Å². The number of hydrogen-bond acceptors (Lipinski definition) is 4. The third-order valence-corrected chi connectivity index (χ3v) is 6.89. The quantitative estimate of drug-likeness (QED) is 0.360. The van der Waals surface area contributed by atoms with E-state index in [-0.39, 0.29) is 16.2 Å². The van der Waals surface area contributed by atoms with Crippen molar-refractivity contribution in [1.29, 1.82) is 0 Å². The molecule has 1 fully saturated rings. The van der Waals surface area contributed by atoms with E-state index in [1.54, 1.807) is 6.08 Å². The molecular weight excluding hydrogens is 442 g/mol. The van der Waals surface area contributed by atoms with Crippen LogP contribution < -0.4 is 15.1 Å². The van der Waals surface area contributed by atoms with E-state index in [9.17, 15) is 9.59 Å². The van der Waals surface area contributed by atoms with E-state index in [1.807, 2.05) is 38.1 Å². The van der Waals surface area contributed by atoms with Gasteiger partial charge in [-0.2, -0.15) is 0 Å². The predicted molar refractivity (Wildman–Crippen MR) is 144 cm³/mol. The van der Waals surface area contributed by atoms with Gasteiger partial charge in [0.1, 0.15) is 5.57 Å². The lowest BCUT2D eigenvalue weighted by Gasteiger charge is -2.43. The van der Waals surface area contributed by atoms with E-state index < -0.39 is 11.8 Å². The molecule has 34 heavy (non-hydrogen) atoms. The Balaban J connectivity index is 1.74. The molecular formula is C28H31N3O2S. The smallest absolute Gasteiger partial charge is 0.270 e. The number of anilines is 2. The Morgan fingerprint density at radius 1 is 1.03 bits per heavy atom. The van der Waals surface area contributed by atoms with Gasteiger partial charge in [0.15, 0.2) is 5.11 Å².